The maximum atomic E-state index is 4.67. The summed E-state index contributed by atoms with van der Waals surface area (Å²) in [4.78, 5) is 4.67. The largest absolute Gasteiger partial charge is 0.261 e. The Hall–Kier alpha value is -0.850. The van der Waals surface area contributed by atoms with Crippen molar-refractivity contribution in [2.45, 2.75) is 61.8 Å². The molecule has 0 bridgehead atoms. The second-order valence-corrected chi connectivity index (χ2v) is 6.14. The topological polar surface area (TPSA) is 12.4 Å². The van der Waals surface area contributed by atoms with Gasteiger partial charge in [0.2, 0.25) is 0 Å². The molecule has 98 valence electrons. The molecule has 0 N–H and O–H groups in total. The van der Waals surface area contributed by atoms with Gasteiger partial charge in [-0.25, -0.2) is 0 Å². The van der Waals surface area contributed by atoms with Crippen molar-refractivity contribution in [1.82, 2.24) is 0 Å². The summed E-state index contributed by atoms with van der Waals surface area (Å²) >= 11 is 0. The lowest BCUT2D eigenvalue weighted by Crippen LogP contribution is -2.18. The molecule has 0 saturated heterocycles. The second kappa shape index (κ2) is 6.78. The molecule has 0 aromatic rings. The van der Waals surface area contributed by atoms with Crippen LogP contribution in [0.2, 0.25) is 0 Å². The quantitative estimate of drug-likeness (QED) is 0.579. The van der Waals surface area contributed by atoms with Gasteiger partial charge in [-0.15, -0.1) is 0 Å². The second-order valence-electron chi connectivity index (χ2n) is 6.14. The summed E-state index contributed by atoms with van der Waals surface area (Å²) in [7, 11) is 0. The fourth-order valence-corrected chi connectivity index (χ4v) is 1.10. The molecular weight excluding hydrogens is 206 g/mol. The van der Waals surface area contributed by atoms with E-state index in [1.807, 2.05) is 6.20 Å². The lowest BCUT2D eigenvalue weighted by atomic mass is 9.87. The summed E-state index contributed by atoms with van der Waals surface area (Å²) in [5.41, 5.74) is 3.97. The Labute approximate surface area is 108 Å². The van der Waals surface area contributed by atoms with Crippen molar-refractivity contribution in [1.29, 1.82) is 0 Å². The number of hydrogen-bond acceptors (Lipinski definition) is 1. The smallest absolute Gasteiger partial charge is 0.0456 e. The molecule has 17 heavy (non-hydrogen) atoms. The first-order valence-electron chi connectivity index (χ1n) is 6.60. The van der Waals surface area contributed by atoms with Crippen molar-refractivity contribution < 1.29 is 0 Å². The van der Waals surface area contributed by atoms with Crippen molar-refractivity contribution >= 4 is 5.71 Å². The van der Waals surface area contributed by atoms with Crippen LogP contribution in [0, 0.1) is 11.3 Å². The summed E-state index contributed by atoms with van der Waals surface area (Å²) in [6.45, 7) is 17.6. The number of rotatable bonds is 4. The van der Waals surface area contributed by atoms with Gasteiger partial charge >= 0.3 is 0 Å². The maximum absolute atomic E-state index is 4.67. The molecule has 0 amide bonds. The van der Waals surface area contributed by atoms with Crippen LogP contribution in [0.5, 0.6) is 0 Å². The first-order valence-corrected chi connectivity index (χ1v) is 6.60. The summed E-state index contributed by atoms with van der Waals surface area (Å²) in [5.74, 6) is 0.582. The van der Waals surface area contributed by atoms with E-state index in [1.165, 1.54) is 11.1 Å². The van der Waals surface area contributed by atoms with Gasteiger partial charge in [0.25, 0.3) is 0 Å². The van der Waals surface area contributed by atoms with Crippen molar-refractivity contribution in [3.63, 3.8) is 0 Å². The van der Waals surface area contributed by atoms with Crippen LogP contribution < -0.4 is 0 Å². The highest BCUT2D eigenvalue weighted by molar-refractivity contribution is 5.99. The highest BCUT2D eigenvalue weighted by atomic mass is 14.7. The molecule has 0 unspecified atom stereocenters. The Morgan fingerprint density at radius 3 is 2.06 bits per heavy atom. The first kappa shape index (κ1) is 16.1. The first-order chi connectivity index (χ1) is 7.68. The number of allylic oxidation sites excluding steroid dienone is 3. The predicted octanol–water partition coefficient (Wildman–Crippen LogP) is 5.39. The molecule has 1 heteroatoms. The van der Waals surface area contributed by atoms with Gasteiger partial charge in [-0.1, -0.05) is 52.7 Å². The van der Waals surface area contributed by atoms with E-state index in [-0.39, 0.29) is 5.41 Å². The normalized spacial score (nSPS) is 15.7. The van der Waals surface area contributed by atoms with Crippen molar-refractivity contribution in [2.75, 3.05) is 0 Å². The molecule has 0 aliphatic heterocycles. The van der Waals surface area contributed by atoms with Crippen LogP contribution in [0.15, 0.2) is 28.4 Å². The highest BCUT2D eigenvalue weighted by Gasteiger charge is 2.17. The minimum absolute atomic E-state index is 0.0979. The molecule has 0 aliphatic carbocycles. The molecule has 0 saturated carbocycles. The van der Waals surface area contributed by atoms with Crippen LogP contribution in [0.3, 0.4) is 0 Å². The third kappa shape index (κ3) is 6.45. The molecule has 0 radical (unpaired) electrons. The van der Waals surface area contributed by atoms with E-state index in [2.05, 4.69) is 66.5 Å². The zero-order chi connectivity index (χ0) is 13.6. The summed E-state index contributed by atoms with van der Waals surface area (Å²) < 4.78 is 0. The van der Waals surface area contributed by atoms with Crippen LogP contribution in [-0.4, -0.2) is 5.71 Å². The zero-order valence-electron chi connectivity index (χ0n) is 12.9. The van der Waals surface area contributed by atoms with E-state index < -0.39 is 0 Å². The number of aliphatic imine (C=N–C) groups is 1. The molecule has 0 heterocycles. The highest BCUT2D eigenvalue weighted by Crippen LogP contribution is 2.20. The minimum Gasteiger partial charge on any atom is -0.261 e. The molecular formula is C16H29N. The monoisotopic (exact) mass is 235 g/mol. The zero-order valence-corrected chi connectivity index (χ0v) is 12.9. The van der Waals surface area contributed by atoms with E-state index >= 15 is 0 Å². The standard InChI is InChI=1S/C16H29N/c1-9-13(4)11-17-15(16(6,7)8)10-14(5)12(2)3/h10-12H,9H2,1-8H3/b13-11+,14-10+,17-15+. The Bertz CT molecular complexity index is 322. The van der Waals surface area contributed by atoms with Gasteiger partial charge in [0.15, 0.2) is 0 Å². The van der Waals surface area contributed by atoms with E-state index in [9.17, 15) is 0 Å². The fraction of sp³-hybridized carbons (Fsp3) is 0.688. The number of hydrogen-bond donors (Lipinski definition) is 0. The summed E-state index contributed by atoms with van der Waals surface area (Å²) in [6.07, 6.45) is 5.31. The van der Waals surface area contributed by atoms with E-state index in [0.29, 0.717) is 5.92 Å². The lowest BCUT2D eigenvalue weighted by Gasteiger charge is -2.20. The van der Waals surface area contributed by atoms with E-state index in [1.54, 1.807) is 0 Å². The molecule has 0 atom stereocenters. The van der Waals surface area contributed by atoms with Crippen molar-refractivity contribution in [3.05, 3.63) is 23.4 Å². The van der Waals surface area contributed by atoms with Crippen LogP contribution in [-0.2, 0) is 0 Å². The molecule has 0 rings (SSSR count). The Morgan fingerprint density at radius 1 is 1.18 bits per heavy atom. The molecule has 0 aliphatic rings. The average molecular weight is 235 g/mol. The van der Waals surface area contributed by atoms with Crippen LogP contribution in [0.4, 0.5) is 0 Å². The van der Waals surface area contributed by atoms with Crippen LogP contribution in [0.25, 0.3) is 0 Å². The average Bonchev–Trinajstić information content (AvgIpc) is 2.21. The summed E-state index contributed by atoms with van der Waals surface area (Å²) in [6, 6.07) is 0. The van der Waals surface area contributed by atoms with Crippen LogP contribution >= 0.6 is 0 Å². The SMILES string of the molecule is CC/C(C)=C/N=C(\C=C(/C)C(C)C)C(C)(C)C. The fourth-order valence-electron chi connectivity index (χ4n) is 1.10. The van der Waals surface area contributed by atoms with Gasteiger partial charge in [0.05, 0.1) is 0 Å². The maximum Gasteiger partial charge on any atom is 0.0456 e. The third-order valence-electron chi connectivity index (χ3n) is 3.03. The lowest BCUT2D eigenvalue weighted by molar-refractivity contribution is 0.592. The van der Waals surface area contributed by atoms with Gasteiger partial charge in [0.1, 0.15) is 0 Å². The van der Waals surface area contributed by atoms with Crippen molar-refractivity contribution in [3.8, 4) is 0 Å². The molecule has 0 aromatic carbocycles. The van der Waals surface area contributed by atoms with Gasteiger partial charge in [0, 0.05) is 17.3 Å². The van der Waals surface area contributed by atoms with Gasteiger partial charge in [-0.3, -0.25) is 4.99 Å². The molecule has 0 fully saturated rings. The van der Waals surface area contributed by atoms with Gasteiger partial charge in [-0.2, -0.15) is 0 Å². The van der Waals surface area contributed by atoms with Crippen molar-refractivity contribution in [2.24, 2.45) is 16.3 Å². The predicted molar refractivity (Wildman–Crippen MR) is 79.5 cm³/mol. The molecule has 0 aromatic heterocycles. The Balaban J connectivity index is 5.25. The Morgan fingerprint density at radius 2 is 1.71 bits per heavy atom. The molecule has 0 spiro atoms. The minimum atomic E-state index is 0.0979. The third-order valence-corrected chi connectivity index (χ3v) is 3.03. The van der Waals surface area contributed by atoms with E-state index in [4.69, 9.17) is 0 Å². The van der Waals surface area contributed by atoms with E-state index in [0.717, 1.165) is 12.1 Å². The van der Waals surface area contributed by atoms with Crippen LogP contribution in [0.1, 0.15) is 61.8 Å². The molecule has 1 nitrogen and oxygen atoms in total. The number of nitrogens with zero attached hydrogens (tertiary/aromatic N) is 1. The van der Waals surface area contributed by atoms with Gasteiger partial charge < -0.3 is 0 Å². The van der Waals surface area contributed by atoms with Gasteiger partial charge in [-0.05, 0) is 32.3 Å². The Kier molecular flexibility index (Phi) is 6.44. The summed E-state index contributed by atoms with van der Waals surface area (Å²) in [5, 5.41) is 0.